The first kappa shape index (κ1) is 10.3. The number of carbonyl (C=O) groups excluding carboxylic acids is 1. The van der Waals surface area contributed by atoms with Gasteiger partial charge in [-0.1, -0.05) is 31.2 Å². The zero-order valence-electron chi connectivity index (χ0n) is 9.64. The van der Waals surface area contributed by atoms with Crippen molar-refractivity contribution in [3.05, 3.63) is 35.4 Å². The molecule has 0 bridgehead atoms. The highest BCUT2D eigenvalue weighted by Crippen LogP contribution is 2.45. The number of benzene rings is 1. The molecule has 2 N–H and O–H groups in total. The van der Waals surface area contributed by atoms with Crippen molar-refractivity contribution in [2.75, 3.05) is 0 Å². The van der Waals surface area contributed by atoms with Crippen LogP contribution in [0.1, 0.15) is 36.8 Å². The van der Waals surface area contributed by atoms with E-state index in [4.69, 9.17) is 10.5 Å². The van der Waals surface area contributed by atoms with E-state index in [1.807, 2.05) is 18.2 Å². The molecule has 0 saturated carbocycles. The number of hydrogen-bond acceptors (Lipinski definition) is 3. The molecular formula is C13H14N2O2. The van der Waals surface area contributed by atoms with Crippen molar-refractivity contribution in [1.29, 1.82) is 0 Å². The molecule has 2 atom stereocenters. The van der Waals surface area contributed by atoms with E-state index in [2.05, 4.69) is 18.0 Å². The Morgan fingerprint density at radius 2 is 2.24 bits per heavy atom. The van der Waals surface area contributed by atoms with Gasteiger partial charge in [0.1, 0.15) is 0 Å². The molecule has 1 aromatic carbocycles. The van der Waals surface area contributed by atoms with Crippen LogP contribution in [0.4, 0.5) is 4.79 Å². The van der Waals surface area contributed by atoms with Crippen LogP contribution < -0.4 is 5.73 Å². The van der Waals surface area contributed by atoms with E-state index >= 15 is 0 Å². The molecule has 1 spiro atoms. The summed E-state index contributed by atoms with van der Waals surface area (Å²) in [5.74, 6) is 0.755. The van der Waals surface area contributed by atoms with Gasteiger partial charge in [-0.15, -0.1) is 0 Å². The number of carbonyl (C=O) groups is 1. The fraction of sp³-hybridized carbons (Fsp3) is 0.385. The molecule has 4 heteroatoms. The van der Waals surface area contributed by atoms with Gasteiger partial charge in [-0.25, -0.2) is 4.79 Å². The van der Waals surface area contributed by atoms with E-state index in [-0.39, 0.29) is 0 Å². The van der Waals surface area contributed by atoms with Crippen LogP contribution in [0.2, 0.25) is 0 Å². The van der Waals surface area contributed by atoms with Gasteiger partial charge in [0.15, 0.2) is 11.4 Å². The number of rotatable bonds is 0. The predicted octanol–water partition coefficient (Wildman–Crippen LogP) is 2.29. The zero-order valence-corrected chi connectivity index (χ0v) is 9.64. The van der Waals surface area contributed by atoms with Crippen LogP contribution in [0.15, 0.2) is 29.3 Å². The summed E-state index contributed by atoms with van der Waals surface area (Å²) >= 11 is 0. The number of ether oxygens (including phenoxy) is 1. The minimum absolute atomic E-state index is 0.293. The van der Waals surface area contributed by atoms with Crippen LogP contribution in [0.25, 0.3) is 0 Å². The molecule has 2 aliphatic rings. The second-order valence-corrected chi connectivity index (χ2v) is 4.72. The van der Waals surface area contributed by atoms with E-state index in [9.17, 15) is 4.79 Å². The summed E-state index contributed by atoms with van der Waals surface area (Å²) < 4.78 is 5.41. The molecule has 2 unspecified atom stereocenters. The van der Waals surface area contributed by atoms with Crippen molar-refractivity contribution in [3.63, 3.8) is 0 Å². The number of amides is 1. The lowest BCUT2D eigenvalue weighted by atomic mass is 9.74. The predicted molar refractivity (Wildman–Crippen MR) is 63.9 cm³/mol. The van der Waals surface area contributed by atoms with Crippen LogP contribution in [-0.4, -0.2) is 11.9 Å². The Morgan fingerprint density at radius 3 is 2.94 bits per heavy atom. The Labute approximate surface area is 99.5 Å². The maximum atomic E-state index is 11.3. The normalized spacial score (nSPS) is 31.0. The van der Waals surface area contributed by atoms with Gasteiger partial charge in [0.05, 0.1) is 0 Å². The molecule has 1 heterocycles. The van der Waals surface area contributed by atoms with Crippen LogP contribution in [0.3, 0.4) is 0 Å². The van der Waals surface area contributed by atoms with E-state index in [1.165, 1.54) is 5.56 Å². The zero-order chi connectivity index (χ0) is 12.0. The second kappa shape index (κ2) is 3.32. The lowest BCUT2D eigenvalue weighted by Gasteiger charge is -2.36. The van der Waals surface area contributed by atoms with Gasteiger partial charge in [-0.05, 0) is 24.3 Å². The van der Waals surface area contributed by atoms with Crippen molar-refractivity contribution in [2.24, 2.45) is 10.7 Å². The third-order valence-electron chi connectivity index (χ3n) is 3.74. The molecule has 3 rings (SSSR count). The monoisotopic (exact) mass is 230 g/mol. The number of hydrogen-bond donors (Lipinski definition) is 1. The average molecular weight is 230 g/mol. The second-order valence-electron chi connectivity index (χ2n) is 4.72. The van der Waals surface area contributed by atoms with Crippen molar-refractivity contribution in [2.45, 2.75) is 31.3 Å². The van der Waals surface area contributed by atoms with Crippen molar-refractivity contribution in [1.82, 2.24) is 0 Å². The van der Waals surface area contributed by atoms with Crippen LogP contribution >= 0.6 is 0 Å². The average Bonchev–Trinajstić information content (AvgIpc) is 2.61. The molecule has 1 aliphatic heterocycles. The Kier molecular flexibility index (Phi) is 2.02. The summed E-state index contributed by atoms with van der Waals surface area (Å²) in [6.07, 6.45) is 1.08. The minimum Gasteiger partial charge on any atom is -0.428 e. The van der Waals surface area contributed by atoms with Gasteiger partial charge in [-0.3, -0.25) is 0 Å². The maximum Gasteiger partial charge on any atom is 0.436 e. The highest BCUT2D eigenvalue weighted by molar-refractivity contribution is 6.02. The SMILES string of the molecule is CC1CCC2(OC(=O)N=C2N)c2ccccc21. The standard InChI is InChI=1S/C13H14N2O2/c1-8-6-7-13(11(14)15-12(16)17-13)10-5-3-2-4-9(8)10/h2-5,8H,6-7H2,1H3,(H2,14,15,16). The van der Waals surface area contributed by atoms with Crippen molar-refractivity contribution in [3.8, 4) is 0 Å². The molecule has 4 nitrogen and oxygen atoms in total. The Hall–Kier alpha value is -1.84. The molecule has 0 radical (unpaired) electrons. The lowest BCUT2D eigenvalue weighted by molar-refractivity contribution is 0.0639. The fourth-order valence-corrected chi connectivity index (χ4v) is 2.79. The van der Waals surface area contributed by atoms with Crippen LogP contribution in [0, 0.1) is 0 Å². The first-order chi connectivity index (χ1) is 8.13. The summed E-state index contributed by atoms with van der Waals surface area (Å²) in [6, 6.07) is 7.99. The van der Waals surface area contributed by atoms with Gasteiger partial charge in [0.2, 0.25) is 0 Å². The van der Waals surface area contributed by atoms with Crippen molar-refractivity contribution >= 4 is 11.9 Å². The van der Waals surface area contributed by atoms with Crippen LogP contribution in [-0.2, 0) is 10.3 Å². The molecule has 0 saturated heterocycles. The summed E-state index contributed by atoms with van der Waals surface area (Å²) in [5, 5.41) is 0. The number of nitrogens with zero attached hydrogens (tertiary/aromatic N) is 1. The van der Waals surface area contributed by atoms with E-state index in [0.29, 0.717) is 18.2 Å². The summed E-state index contributed by atoms with van der Waals surface area (Å²) in [7, 11) is 0. The number of amidine groups is 1. The minimum atomic E-state index is -0.805. The van der Waals surface area contributed by atoms with E-state index < -0.39 is 11.7 Å². The number of aliphatic imine (C=N–C) groups is 1. The fourth-order valence-electron chi connectivity index (χ4n) is 2.79. The highest BCUT2D eigenvalue weighted by Gasteiger charge is 2.49. The van der Waals surface area contributed by atoms with Gasteiger partial charge in [-0.2, -0.15) is 4.99 Å². The molecule has 1 aliphatic carbocycles. The molecule has 88 valence electrons. The van der Waals surface area contributed by atoms with Crippen LogP contribution in [0.5, 0.6) is 0 Å². The third-order valence-corrected chi connectivity index (χ3v) is 3.74. The van der Waals surface area contributed by atoms with Gasteiger partial charge < -0.3 is 10.5 Å². The summed E-state index contributed by atoms with van der Waals surface area (Å²) in [5.41, 5.74) is 7.29. The first-order valence-corrected chi connectivity index (χ1v) is 5.80. The summed E-state index contributed by atoms with van der Waals surface area (Å²) in [4.78, 5) is 15.1. The van der Waals surface area contributed by atoms with Crippen molar-refractivity contribution < 1.29 is 9.53 Å². The Morgan fingerprint density at radius 1 is 1.47 bits per heavy atom. The van der Waals surface area contributed by atoms with Gasteiger partial charge in [0, 0.05) is 5.56 Å². The first-order valence-electron chi connectivity index (χ1n) is 5.80. The molecule has 0 aromatic heterocycles. The maximum absolute atomic E-state index is 11.3. The number of fused-ring (bicyclic) bond motifs is 2. The van der Waals surface area contributed by atoms with E-state index in [0.717, 1.165) is 12.0 Å². The molecule has 1 amide bonds. The third kappa shape index (κ3) is 1.30. The quantitative estimate of drug-likeness (QED) is 0.743. The summed E-state index contributed by atoms with van der Waals surface area (Å²) in [6.45, 7) is 2.18. The molecule has 1 aromatic rings. The molecule has 0 fully saturated rings. The Bertz CT molecular complexity index is 524. The molecular weight excluding hydrogens is 216 g/mol. The van der Waals surface area contributed by atoms with Gasteiger partial charge in [0.25, 0.3) is 0 Å². The highest BCUT2D eigenvalue weighted by atomic mass is 16.6. The number of nitrogens with two attached hydrogens (primary N) is 1. The lowest BCUT2D eigenvalue weighted by Crippen LogP contribution is -2.43. The largest absolute Gasteiger partial charge is 0.436 e. The van der Waals surface area contributed by atoms with Gasteiger partial charge >= 0.3 is 6.09 Å². The smallest absolute Gasteiger partial charge is 0.428 e. The Balaban J connectivity index is 2.19. The van der Waals surface area contributed by atoms with E-state index in [1.54, 1.807) is 0 Å². The topological polar surface area (TPSA) is 64.7 Å². The molecule has 17 heavy (non-hydrogen) atoms.